The topological polar surface area (TPSA) is 760 Å². The van der Waals surface area contributed by atoms with E-state index in [4.69, 9.17) is 95.1 Å². The monoisotopic (exact) mass is 1600 g/mol. The molecule has 0 aromatic carbocycles. The van der Waals surface area contributed by atoms with Gasteiger partial charge in [-0.25, -0.2) is 9.59 Å². The molecule has 0 bridgehead atoms. The molecule has 8 rings (SSSR count). The maximum absolute atomic E-state index is 12.7. The first kappa shape index (κ1) is 89.8. The van der Waals surface area contributed by atoms with E-state index in [9.17, 15) is 146 Å². The Morgan fingerprint density at radius 3 is 1.05 bits per heavy atom. The van der Waals surface area contributed by atoms with Gasteiger partial charge in [0.2, 0.25) is 11.6 Å². The number of ketones is 2. The molecule has 8 aliphatic rings. The number of carbonyl (C=O) groups excluding carboxylic acids is 6. The summed E-state index contributed by atoms with van der Waals surface area (Å²) in [4.78, 5) is 83.9. The molecule has 109 heavy (non-hydrogen) atoms. The number of aliphatic hydroxyl groups excluding tert-OH is 22. The first-order valence-electron chi connectivity index (χ1n) is 33.7. The van der Waals surface area contributed by atoms with Crippen LogP contribution in [0.15, 0.2) is 0 Å². The molecule has 0 aromatic rings. The van der Waals surface area contributed by atoms with Crippen LogP contribution in [-0.2, 0) is 124 Å². The molecule has 0 spiro atoms. The number of carbonyl (C=O) groups is 7. The van der Waals surface area contributed by atoms with E-state index in [0.717, 1.165) is 20.8 Å². The van der Waals surface area contributed by atoms with Crippen LogP contribution in [0, 0.1) is 0 Å². The van der Waals surface area contributed by atoms with Gasteiger partial charge < -0.3 is 207 Å². The van der Waals surface area contributed by atoms with E-state index in [2.05, 4.69) is 0 Å². The summed E-state index contributed by atoms with van der Waals surface area (Å²) in [5.74, 6) is -9.06. The number of aliphatic carboxylic acids is 1. The van der Waals surface area contributed by atoms with Gasteiger partial charge in [0.1, 0.15) is 209 Å². The summed E-state index contributed by atoms with van der Waals surface area (Å²) in [5, 5.41) is 251. The summed E-state index contributed by atoms with van der Waals surface area (Å²) in [5.41, 5.74) is 0. The van der Waals surface area contributed by atoms with E-state index >= 15 is 0 Å². The van der Waals surface area contributed by atoms with E-state index in [-0.39, 0.29) is 0 Å². The van der Waals surface area contributed by atoms with Gasteiger partial charge in [0.05, 0.1) is 45.9 Å². The predicted molar refractivity (Wildman–Crippen MR) is 324 cm³/mol. The van der Waals surface area contributed by atoms with Crippen molar-refractivity contribution in [3.8, 4) is 0 Å². The van der Waals surface area contributed by atoms with Gasteiger partial charge in [0.15, 0.2) is 56.4 Å². The molecule has 8 aliphatic heterocycles. The fourth-order valence-electron chi connectivity index (χ4n) is 12.5. The van der Waals surface area contributed by atoms with Crippen molar-refractivity contribution in [3.05, 3.63) is 0 Å². The van der Waals surface area contributed by atoms with Gasteiger partial charge in [-0.2, -0.15) is 0 Å². The van der Waals surface area contributed by atoms with E-state index in [1.165, 1.54) is 0 Å². The lowest BCUT2D eigenvalue weighted by molar-refractivity contribution is -0.389. The van der Waals surface area contributed by atoms with Crippen LogP contribution in [0.5, 0.6) is 0 Å². The largest absolute Gasteiger partial charge is 0.481 e. The van der Waals surface area contributed by atoms with Gasteiger partial charge in [0.25, 0.3) is 0 Å². The molecular formula is C60H92O49. The van der Waals surface area contributed by atoms with Crippen molar-refractivity contribution in [2.24, 2.45) is 0 Å². The number of hydrogen-bond acceptors (Lipinski definition) is 48. The maximum Gasteiger partial charge on any atom is 0.374 e. The lowest BCUT2D eigenvalue weighted by Gasteiger charge is -2.49. The Labute approximate surface area is 613 Å². The first-order chi connectivity index (χ1) is 51.3. The zero-order valence-corrected chi connectivity index (χ0v) is 57.6. The molecule has 0 saturated carbocycles. The molecule has 49 nitrogen and oxygen atoms in total. The Kier molecular flexibility index (Phi) is 32.5. The van der Waals surface area contributed by atoms with Crippen molar-refractivity contribution in [1.29, 1.82) is 0 Å². The quantitative estimate of drug-likeness (QED) is 0.0174. The molecule has 626 valence electrons. The molecule has 8 fully saturated rings. The number of esters is 4. The molecule has 8 saturated heterocycles. The minimum atomic E-state index is -2.43. The van der Waals surface area contributed by atoms with Gasteiger partial charge in [-0.05, 0) is 0 Å². The summed E-state index contributed by atoms with van der Waals surface area (Å²) < 4.78 is 105. The predicted octanol–water partition coefficient (Wildman–Crippen LogP) is -17.2. The number of rotatable bonds is 31. The highest BCUT2D eigenvalue weighted by Gasteiger charge is 2.59. The highest BCUT2D eigenvalue weighted by Crippen LogP contribution is 2.38. The summed E-state index contributed by atoms with van der Waals surface area (Å²) >= 11 is 0. The molecule has 23 N–H and O–H groups in total. The molecular weight excluding hydrogens is 1500 g/mol. The lowest BCUT2D eigenvalue weighted by atomic mass is 9.95. The zero-order chi connectivity index (χ0) is 80.6. The normalized spacial score (nSPS) is 45.6. The Morgan fingerprint density at radius 1 is 0.284 bits per heavy atom. The molecule has 40 atom stereocenters. The molecule has 0 aliphatic carbocycles. The number of carboxylic acid groups (broad SMARTS) is 1. The third-order valence-electron chi connectivity index (χ3n) is 18.6. The third kappa shape index (κ3) is 21.2. The number of hydrogen-bond donors (Lipinski definition) is 23. The van der Waals surface area contributed by atoms with Crippen molar-refractivity contribution < 1.29 is 241 Å². The van der Waals surface area contributed by atoms with E-state index in [1.54, 1.807) is 0 Å². The zero-order valence-electron chi connectivity index (χ0n) is 57.6. The summed E-state index contributed by atoms with van der Waals surface area (Å²) in [6.07, 6.45) is -85.4. The van der Waals surface area contributed by atoms with Crippen molar-refractivity contribution in [2.45, 2.75) is 279 Å². The number of ether oxygens (including phenoxy) is 19. The molecule has 0 amide bonds. The molecule has 0 radical (unpaired) electrons. The Hall–Kier alpha value is -4.79. The first-order valence-corrected chi connectivity index (χ1v) is 33.7. The molecule has 0 unspecified atom stereocenters. The van der Waals surface area contributed by atoms with Crippen LogP contribution in [0.3, 0.4) is 0 Å². The minimum Gasteiger partial charge on any atom is -0.481 e. The highest BCUT2D eigenvalue weighted by molar-refractivity contribution is 6.33. The van der Waals surface area contributed by atoms with Gasteiger partial charge >= 0.3 is 29.8 Å². The van der Waals surface area contributed by atoms with E-state index in [1.807, 2.05) is 0 Å². The fourth-order valence-corrected chi connectivity index (χ4v) is 12.5. The number of carboxylic acids is 1. The second kappa shape index (κ2) is 39.5. The SMILES string of the molecule is CC(=O)OC[C@H]1O[C@@H](O[C@H]2[C@H](O)[C@@H](O)[C@H](O[C@@H]3[C@@H](O)[C@H](O)O[C@H](CO)[C@@H]3O)O[C@@H]2CO)[C@H](O)[C@@H](O)[C@@H]1O[C@@H]1O[C@H](CO[C@@H]2O[C@H](CO[C@@H]3O[C@H](CO)[C@@H](O)[C@H](O[C@@H]4O[C@H](COC(=O)CCC(=O)O)[C@@H](O[C@@H]5O[C@H](COC(=O)C(C)=O)[C@@H](OC(=O)C(C)=O)[C@H](O)[C@H]5O)[C@H](O)[C@H]4O)[C@H]3O)[C@@H](O)[C@H](O)[C@H]2O)[C@@H](O)[C@H](O)[C@H]1O. The molecule has 49 heteroatoms. The van der Waals surface area contributed by atoms with Crippen LogP contribution < -0.4 is 0 Å². The minimum absolute atomic E-state index is 0.767. The van der Waals surface area contributed by atoms with Crippen molar-refractivity contribution in [2.75, 3.05) is 52.9 Å². The second-order valence-corrected chi connectivity index (χ2v) is 26.4. The highest BCUT2D eigenvalue weighted by atomic mass is 16.8. The average Bonchev–Trinajstić information content (AvgIpc) is 0.777. The van der Waals surface area contributed by atoms with Gasteiger partial charge in [-0.15, -0.1) is 0 Å². The lowest BCUT2D eigenvalue weighted by Crippen LogP contribution is -2.67. The van der Waals surface area contributed by atoms with Gasteiger partial charge in [-0.1, -0.05) is 0 Å². The third-order valence-corrected chi connectivity index (χ3v) is 18.6. The summed E-state index contributed by atoms with van der Waals surface area (Å²) in [6.45, 7) is -5.60. The van der Waals surface area contributed by atoms with Crippen molar-refractivity contribution >= 4 is 41.4 Å². The van der Waals surface area contributed by atoms with Crippen molar-refractivity contribution in [3.63, 3.8) is 0 Å². The smallest absolute Gasteiger partial charge is 0.374 e. The number of Topliss-reactive ketones (excluding diaryl/α,β-unsaturated/α-hetero) is 2. The van der Waals surface area contributed by atoms with Crippen LogP contribution in [0.25, 0.3) is 0 Å². The van der Waals surface area contributed by atoms with Gasteiger partial charge in [0, 0.05) is 20.8 Å². The number of aliphatic hydroxyl groups is 22. The standard InChI is InChI=1S/C60H92O49/c1-14(64)51(88)93-13-24-46(104-52(89)15(2)65)34(77)40(83)59(103-24)107-48-23(12-92-26(69)5-4-25(67)68)102-60(42(85)36(48)79)109-50-30(73)18(7-62)97-55(44(50)87)95-9-20-27(70)31(74)37(80)54(99-20)94-10-21-28(71)32(75)38(81)56(100-21)106-47-22(11-91-16(3)66)101-58(41(84)35(47)78)105-45-19(8-63)98-57(39(82)33(45)76)108-49-29(72)17(6-61)96-53(90)43(49)86/h17-24,27-50,53-63,70-87,90H,4-13H2,1-3H3,(H,67,68)/t17-,18-,19-,20-,21-,22-,23-,24-,27-,28-,29+,30-,31+,32+,33-,34-,35-,36-,37-,38-,39-,40-,41-,42-,43-,44-,45-,46-,47-,48-,49+,50+,53-,54-,55-,56+,57+,58+,59+,60+/m1/s1. The Bertz CT molecular complexity index is 2970. The Balaban J connectivity index is 0.911. The van der Waals surface area contributed by atoms with Crippen LogP contribution in [0.2, 0.25) is 0 Å². The van der Waals surface area contributed by atoms with Crippen LogP contribution >= 0.6 is 0 Å². The molecule has 0 aromatic heterocycles. The maximum atomic E-state index is 12.7. The average molecular weight is 1600 g/mol. The second-order valence-electron chi connectivity index (χ2n) is 26.4. The van der Waals surface area contributed by atoms with E-state index < -0.39 is 353 Å². The van der Waals surface area contributed by atoms with Gasteiger partial charge in [-0.3, -0.25) is 24.0 Å². The van der Waals surface area contributed by atoms with Crippen LogP contribution in [0.4, 0.5) is 0 Å². The fraction of sp³-hybridized carbons (Fsp3) is 0.883. The van der Waals surface area contributed by atoms with E-state index in [0.29, 0.717) is 0 Å². The molecule has 8 heterocycles. The van der Waals surface area contributed by atoms with Crippen LogP contribution in [0.1, 0.15) is 33.6 Å². The summed E-state index contributed by atoms with van der Waals surface area (Å²) in [6, 6.07) is 0. The summed E-state index contributed by atoms with van der Waals surface area (Å²) in [7, 11) is 0. The van der Waals surface area contributed by atoms with Crippen LogP contribution in [-0.4, -0.2) is 457 Å². The Morgan fingerprint density at radius 2 is 0.615 bits per heavy atom. The van der Waals surface area contributed by atoms with Crippen molar-refractivity contribution in [1.82, 2.24) is 0 Å².